The molecule has 0 aliphatic carbocycles. The zero-order valence-electron chi connectivity index (χ0n) is 12.9. The third kappa shape index (κ3) is 3.72. The summed E-state index contributed by atoms with van der Waals surface area (Å²) in [5.41, 5.74) is 8.18. The van der Waals surface area contributed by atoms with E-state index in [1.165, 1.54) is 0 Å². The molecule has 2 N–H and O–H groups in total. The molecule has 1 rings (SSSR count). The van der Waals surface area contributed by atoms with Gasteiger partial charge in [0, 0.05) is 13.1 Å². The Balaban J connectivity index is 2.71. The van der Waals surface area contributed by atoms with Crippen molar-refractivity contribution in [3.05, 3.63) is 11.4 Å². The van der Waals surface area contributed by atoms with Crippen LogP contribution in [0.3, 0.4) is 0 Å². The van der Waals surface area contributed by atoms with Crippen molar-refractivity contribution in [3.63, 3.8) is 0 Å². The van der Waals surface area contributed by atoms with E-state index >= 15 is 0 Å². The average Bonchev–Trinajstić information content (AvgIpc) is 2.55. The molecule has 0 bridgehead atoms. The molecule has 108 valence electrons. The summed E-state index contributed by atoms with van der Waals surface area (Å²) in [6.07, 6.45) is 1.00. The summed E-state index contributed by atoms with van der Waals surface area (Å²) < 4.78 is 1.69. The molecule has 1 atom stereocenters. The molecule has 5 nitrogen and oxygen atoms in total. The lowest BCUT2D eigenvalue weighted by molar-refractivity contribution is -0.132. The number of amides is 1. The number of carbonyl (C=O) groups is 1. The maximum absolute atomic E-state index is 12.2. The lowest BCUT2D eigenvalue weighted by atomic mass is 10.0. The number of nitrogens with zero attached hydrogens (tertiary/aromatic N) is 3. The Morgan fingerprint density at radius 1 is 1.37 bits per heavy atom. The van der Waals surface area contributed by atoms with Crippen LogP contribution in [0.5, 0.6) is 0 Å². The first-order valence-electron chi connectivity index (χ1n) is 6.79. The van der Waals surface area contributed by atoms with Crippen LogP contribution in [0.15, 0.2) is 0 Å². The highest BCUT2D eigenvalue weighted by atomic mass is 16.2. The van der Waals surface area contributed by atoms with Gasteiger partial charge in [-0.2, -0.15) is 5.10 Å². The van der Waals surface area contributed by atoms with Gasteiger partial charge in [-0.05, 0) is 33.1 Å². The molecule has 19 heavy (non-hydrogen) atoms. The van der Waals surface area contributed by atoms with Crippen LogP contribution in [-0.2, 0) is 11.3 Å². The Morgan fingerprint density at radius 3 is 2.37 bits per heavy atom. The molecule has 0 spiro atoms. The molecule has 1 aromatic rings. The second-order valence-electron chi connectivity index (χ2n) is 5.73. The van der Waals surface area contributed by atoms with E-state index < -0.39 is 0 Å². The van der Waals surface area contributed by atoms with Gasteiger partial charge in [0.2, 0.25) is 5.91 Å². The maximum atomic E-state index is 12.2. The van der Waals surface area contributed by atoms with Crippen molar-refractivity contribution in [2.45, 2.75) is 53.6 Å². The number of aromatic nitrogens is 2. The first-order valence-corrected chi connectivity index (χ1v) is 6.79. The minimum Gasteiger partial charge on any atom is -0.396 e. The SMILES string of the molecule is Cc1nn(CC(=O)N(C)C(C)CC(C)C)c(C)c1N. The third-order valence-corrected chi connectivity index (χ3v) is 3.59. The Labute approximate surface area is 115 Å². The molecule has 1 aromatic heterocycles. The standard InChI is InChI=1S/C14H26N4O/c1-9(2)7-10(3)17(6)13(19)8-18-12(5)14(15)11(4)16-18/h9-10H,7-8,15H2,1-6H3. The van der Waals surface area contributed by atoms with E-state index in [-0.39, 0.29) is 18.5 Å². The summed E-state index contributed by atoms with van der Waals surface area (Å²) in [6, 6.07) is 0.238. The number of nitrogen functional groups attached to an aromatic ring is 1. The van der Waals surface area contributed by atoms with Crippen molar-refractivity contribution in [1.29, 1.82) is 0 Å². The van der Waals surface area contributed by atoms with Gasteiger partial charge in [-0.1, -0.05) is 13.8 Å². The van der Waals surface area contributed by atoms with E-state index in [1.807, 2.05) is 20.9 Å². The molecule has 1 unspecified atom stereocenters. The van der Waals surface area contributed by atoms with E-state index in [2.05, 4.69) is 25.9 Å². The number of hydrogen-bond acceptors (Lipinski definition) is 3. The van der Waals surface area contributed by atoms with Gasteiger partial charge in [-0.25, -0.2) is 0 Å². The molecule has 0 saturated heterocycles. The van der Waals surface area contributed by atoms with Gasteiger partial charge < -0.3 is 10.6 Å². The zero-order chi connectivity index (χ0) is 14.7. The van der Waals surface area contributed by atoms with Crippen LogP contribution >= 0.6 is 0 Å². The quantitative estimate of drug-likeness (QED) is 0.886. The van der Waals surface area contributed by atoms with Crippen molar-refractivity contribution in [2.75, 3.05) is 12.8 Å². The Morgan fingerprint density at radius 2 is 1.95 bits per heavy atom. The Bertz CT molecular complexity index is 451. The topological polar surface area (TPSA) is 64.2 Å². The van der Waals surface area contributed by atoms with Crippen LogP contribution < -0.4 is 5.73 Å². The van der Waals surface area contributed by atoms with Crippen LogP contribution in [0.2, 0.25) is 0 Å². The largest absolute Gasteiger partial charge is 0.396 e. The first kappa shape index (κ1) is 15.5. The maximum Gasteiger partial charge on any atom is 0.244 e. The number of rotatable bonds is 5. The molecule has 0 saturated carbocycles. The number of nitrogens with two attached hydrogens (primary N) is 1. The Hall–Kier alpha value is -1.52. The monoisotopic (exact) mass is 266 g/mol. The van der Waals surface area contributed by atoms with Gasteiger partial charge in [0.05, 0.1) is 17.1 Å². The van der Waals surface area contributed by atoms with Crippen molar-refractivity contribution in [2.24, 2.45) is 5.92 Å². The second kappa shape index (κ2) is 6.08. The highest BCUT2D eigenvalue weighted by Gasteiger charge is 2.19. The molecule has 1 heterocycles. The number of anilines is 1. The minimum atomic E-state index is 0.0683. The number of carbonyl (C=O) groups excluding carboxylic acids is 1. The van der Waals surface area contributed by atoms with Gasteiger partial charge in [-0.15, -0.1) is 0 Å². The van der Waals surface area contributed by atoms with Gasteiger partial charge >= 0.3 is 0 Å². The molecule has 0 fully saturated rings. The summed E-state index contributed by atoms with van der Waals surface area (Å²) in [5.74, 6) is 0.647. The van der Waals surface area contributed by atoms with Crippen LogP contribution in [0.4, 0.5) is 5.69 Å². The lowest BCUT2D eigenvalue weighted by Gasteiger charge is -2.26. The van der Waals surface area contributed by atoms with E-state index in [4.69, 9.17) is 5.73 Å². The van der Waals surface area contributed by atoms with Gasteiger partial charge in [-0.3, -0.25) is 9.48 Å². The van der Waals surface area contributed by atoms with Crippen LogP contribution in [-0.4, -0.2) is 33.7 Å². The normalized spacial score (nSPS) is 12.8. The molecule has 0 aliphatic rings. The fourth-order valence-electron chi connectivity index (χ4n) is 2.19. The predicted octanol–water partition coefficient (Wildman–Crippen LogP) is 1.98. The highest BCUT2D eigenvalue weighted by molar-refractivity contribution is 5.76. The van der Waals surface area contributed by atoms with E-state index in [1.54, 1.807) is 9.58 Å². The number of hydrogen-bond donors (Lipinski definition) is 1. The third-order valence-electron chi connectivity index (χ3n) is 3.59. The lowest BCUT2D eigenvalue weighted by Crippen LogP contribution is -2.38. The highest BCUT2D eigenvalue weighted by Crippen LogP contribution is 2.15. The molecular formula is C14H26N4O. The molecule has 1 amide bonds. The van der Waals surface area contributed by atoms with Gasteiger partial charge in [0.1, 0.15) is 6.54 Å². The fourth-order valence-corrected chi connectivity index (χ4v) is 2.19. The summed E-state index contributed by atoms with van der Waals surface area (Å²) >= 11 is 0. The average molecular weight is 266 g/mol. The number of aryl methyl sites for hydroxylation is 1. The Kier molecular flexibility index (Phi) is 4.97. The van der Waals surface area contributed by atoms with E-state index in [9.17, 15) is 4.79 Å². The summed E-state index contributed by atoms with van der Waals surface area (Å²) in [6.45, 7) is 10.4. The molecular weight excluding hydrogens is 240 g/mol. The summed E-state index contributed by atoms with van der Waals surface area (Å²) in [7, 11) is 1.85. The van der Waals surface area contributed by atoms with Crippen LogP contribution in [0.1, 0.15) is 38.6 Å². The van der Waals surface area contributed by atoms with Crippen LogP contribution in [0, 0.1) is 19.8 Å². The van der Waals surface area contributed by atoms with Gasteiger partial charge in [0.25, 0.3) is 0 Å². The van der Waals surface area contributed by atoms with E-state index in [0.29, 0.717) is 11.6 Å². The number of likely N-dealkylation sites (N-methyl/N-ethyl adjacent to an activating group) is 1. The zero-order valence-corrected chi connectivity index (χ0v) is 12.9. The molecule has 5 heteroatoms. The molecule has 0 radical (unpaired) electrons. The van der Waals surface area contributed by atoms with Crippen molar-refractivity contribution in [3.8, 4) is 0 Å². The first-order chi connectivity index (χ1) is 8.73. The smallest absolute Gasteiger partial charge is 0.244 e. The summed E-state index contributed by atoms with van der Waals surface area (Å²) in [5, 5.41) is 4.30. The fraction of sp³-hybridized carbons (Fsp3) is 0.714. The molecule has 0 aliphatic heterocycles. The van der Waals surface area contributed by atoms with E-state index in [0.717, 1.165) is 17.8 Å². The minimum absolute atomic E-state index is 0.0683. The predicted molar refractivity (Wildman–Crippen MR) is 77.8 cm³/mol. The van der Waals surface area contributed by atoms with Crippen molar-refractivity contribution < 1.29 is 4.79 Å². The van der Waals surface area contributed by atoms with Crippen LogP contribution in [0.25, 0.3) is 0 Å². The summed E-state index contributed by atoms with van der Waals surface area (Å²) in [4.78, 5) is 14.0. The van der Waals surface area contributed by atoms with Crippen molar-refractivity contribution >= 4 is 11.6 Å². The van der Waals surface area contributed by atoms with Gasteiger partial charge in [0.15, 0.2) is 0 Å². The molecule has 0 aromatic carbocycles. The second-order valence-corrected chi connectivity index (χ2v) is 5.73. The van der Waals surface area contributed by atoms with Crippen molar-refractivity contribution in [1.82, 2.24) is 14.7 Å².